The molecule has 4 bridgehead atoms. The van der Waals surface area contributed by atoms with Crippen LogP contribution in [0.5, 0.6) is 0 Å². The van der Waals surface area contributed by atoms with E-state index in [-0.39, 0.29) is 23.3 Å². The van der Waals surface area contributed by atoms with Crippen molar-refractivity contribution in [2.75, 3.05) is 6.54 Å². The van der Waals surface area contributed by atoms with E-state index in [0.29, 0.717) is 17.4 Å². The second-order valence-corrected chi connectivity index (χ2v) is 11.0. The van der Waals surface area contributed by atoms with Crippen molar-refractivity contribution in [1.29, 1.82) is 0 Å². The first kappa shape index (κ1) is 19.0. The molecule has 30 heavy (non-hydrogen) atoms. The van der Waals surface area contributed by atoms with Gasteiger partial charge in [-0.2, -0.15) is 5.10 Å². The molecule has 6 fully saturated rings. The van der Waals surface area contributed by atoms with Crippen molar-refractivity contribution >= 4 is 24.0 Å². The van der Waals surface area contributed by atoms with Gasteiger partial charge in [0, 0.05) is 12.6 Å². The van der Waals surface area contributed by atoms with Crippen LogP contribution in [0.3, 0.4) is 0 Å². The fourth-order valence-electron chi connectivity index (χ4n) is 7.41. The molecule has 1 aliphatic heterocycles. The molecule has 0 aromatic carbocycles. The Balaban J connectivity index is 1.15. The van der Waals surface area contributed by atoms with Gasteiger partial charge in [-0.1, -0.05) is 0 Å². The van der Waals surface area contributed by atoms with Gasteiger partial charge in [0.05, 0.1) is 12.0 Å². The van der Waals surface area contributed by atoms with Gasteiger partial charge < -0.3 is 10.2 Å². The second-order valence-electron chi connectivity index (χ2n) is 10.6. The molecule has 7 rings (SSSR count). The molecule has 1 saturated heterocycles. The van der Waals surface area contributed by atoms with E-state index < -0.39 is 0 Å². The minimum absolute atomic E-state index is 0.0400. The summed E-state index contributed by atoms with van der Waals surface area (Å²) >= 11 is 5.33. The van der Waals surface area contributed by atoms with Gasteiger partial charge in [-0.3, -0.25) is 19.3 Å². The molecule has 2 N–H and O–H groups in total. The Morgan fingerprint density at radius 3 is 2.40 bits per heavy atom. The van der Waals surface area contributed by atoms with E-state index in [1.807, 2.05) is 9.47 Å². The van der Waals surface area contributed by atoms with E-state index >= 15 is 0 Å². The van der Waals surface area contributed by atoms with E-state index in [0.717, 1.165) is 75.1 Å². The third kappa shape index (κ3) is 3.05. The Morgan fingerprint density at radius 1 is 1.10 bits per heavy atom. The molecule has 0 spiro atoms. The highest BCUT2D eigenvalue weighted by Gasteiger charge is 2.56. The van der Waals surface area contributed by atoms with Gasteiger partial charge in [-0.25, -0.2) is 0 Å². The van der Waals surface area contributed by atoms with Crippen molar-refractivity contribution < 1.29 is 9.59 Å². The standard InChI is InChI=1S/C22H31N5O2S/c28-19(23-12-18-24-25-21(30)27(18)16-3-4-16)17-2-1-5-26(17)20(29)22-9-13-6-14(10-22)8-15(7-13)11-22/h13-17H,1-12H2,(H,23,28)(H,25,30). The smallest absolute Gasteiger partial charge is 0.243 e. The number of rotatable bonds is 5. The molecular formula is C22H31N5O2S. The van der Waals surface area contributed by atoms with Gasteiger partial charge in [-0.15, -0.1) is 0 Å². The molecule has 6 aliphatic rings. The van der Waals surface area contributed by atoms with Crippen molar-refractivity contribution in [2.45, 2.75) is 82.8 Å². The number of nitrogens with one attached hydrogen (secondary N) is 2. The molecule has 1 aromatic heterocycles. The molecule has 0 radical (unpaired) electrons. The van der Waals surface area contributed by atoms with Crippen LogP contribution in [0.1, 0.15) is 76.1 Å². The lowest BCUT2D eigenvalue weighted by Gasteiger charge is -2.56. The molecule has 1 aromatic rings. The van der Waals surface area contributed by atoms with Crippen LogP contribution in [0.15, 0.2) is 0 Å². The molecule has 1 unspecified atom stereocenters. The van der Waals surface area contributed by atoms with Crippen LogP contribution in [-0.2, 0) is 16.1 Å². The van der Waals surface area contributed by atoms with Gasteiger partial charge in [0.15, 0.2) is 10.6 Å². The number of aromatic amines is 1. The summed E-state index contributed by atoms with van der Waals surface area (Å²) in [5.41, 5.74) is -0.175. The Kier molecular flexibility index (Phi) is 4.38. The number of amides is 2. The van der Waals surface area contributed by atoms with E-state index in [9.17, 15) is 9.59 Å². The quantitative estimate of drug-likeness (QED) is 0.705. The largest absolute Gasteiger partial charge is 0.347 e. The van der Waals surface area contributed by atoms with E-state index in [1.165, 1.54) is 19.3 Å². The zero-order valence-corrected chi connectivity index (χ0v) is 18.3. The second kappa shape index (κ2) is 6.90. The first-order valence-electron chi connectivity index (χ1n) is 11.8. The summed E-state index contributed by atoms with van der Waals surface area (Å²) < 4.78 is 2.66. The van der Waals surface area contributed by atoms with Crippen LogP contribution >= 0.6 is 12.2 Å². The van der Waals surface area contributed by atoms with Gasteiger partial charge in [-0.05, 0) is 94.2 Å². The molecule has 5 saturated carbocycles. The lowest BCUT2D eigenvalue weighted by Crippen LogP contribution is -2.57. The number of H-pyrrole nitrogens is 1. The summed E-state index contributed by atoms with van der Waals surface area (Å²) in [6.07, 6.45) is 11.0. The summed E-state index contributed by atoms with van der Waals surface area (Å²) in [5.74, 6) is 3.23. The maximum atomic E-state index is 13.8. The SMILES string of the molecule is O=C(NCc1n[nH]c(=S)n1C1CC1)C1CCCN1C(=O)C12CC3CC(CC(C3)C1)C2. The lowest BCUT2D eigenvalue weighted by atomic mass is 9.49. The number of carbonyl (C=O) groups excluding carboxylic acids is 2. The summed E-state index contributed by atoms with van der Waals surface area (Å²) in [5, 5.41) is 10.2. The Bertz CT molecular complexity index is 897. The number of carbonyl (C=O) groups is 2. The monoisotopic (exact) mass is 429 g/mol. The first-order chi connectivity index (χ1) is 14.5. The summed E-state index contributed by atoms with van der Waals surface area (Å²) in [6.45, 7) is 1.08. The summed E-state index contributed by atoms with van der Waals surface area (Å²) in [4.78, 5) is 28.8. The molecule has 162 valence electrons. The van der Waals surface area contributed by atoms with Crippen molar-refractivity contribution in [1.82, 2.24) is 25.0 Å². The fourth-order valence-corrected chi connectivity index (χ4v) is 7.71. The zero-order valence-electron chi connectivity index (χ0n) is 17.4. The van der Waals surface area contributed by atoms with Gasteiger partial charge in [0.1, 0.15) is 6.04 Å². The maximum absolute atomic E-state index is 13.8. The number of aromatic nitrogens is 3. The van der Waals surface area contributed by atoms with Crippen molar-refractivity contribution in [2.24, 2.45) is 23.2 Å². The number of hydrogen-bond donors (Lipinski definition) is 2. The zero-order chi connectivity index (χ0) is 20.5. The fraction of sp³-hybridized carbons (Fsp3) is 0.818. The van der Waals surface area contributed by atoms with Crippen LogP contribution in [0, 0.1) is 27.9 Å². The molecule has 7 nitrogen and oxygen atoms in total. The molecule has 2 heterocycles. The lowest BCUT2D eigenvalue weighted by molar-refractivity contribution is -0.160. The molecule has 5 aliphatic carbocycles. The van der Waals surface area contributed by atoms with Crippen LogP contribution in [-0.4, -0.2) is 44.1 Å². The molecular weight excluding hydrogens is 398 g/mol. The minimum atomic E-state index is -0.332. The van der Waals surface area contributed by atoms with Crippen LogP contribution in [0.2, 0.25) is 0 Å². The van der Waals surface area contributed by atoms with Crippen LogP contribution < -0.4 is 5.32 Å². The molecule has 8 heteroatoms. The van der Waals surface area contributed by atoms with Gasteiger partial charge >= 0.3 is 0 Å². The van der Waals surface area contributed by atoms with E-state index in [2.05, 4.69) is 15.5 Å². The Hall–Kier alpha value is -1.70. The van der Waals surface area contributed by atoms with Crippen molar-refractivity contribution in [3.05, 3.63) is 10.6 Å². The summed E-state index contributed by atoms with van der Waals surface area (Å²) in [6, 6.07) is 0.0885. The van der Waals surface area contributed by atoms with Crippen molar-refractivity contribution in [3.63, 3.8) is 0 Å². The van der Waals surface area contributed by atoms with Crippen LogP contribution in [0.4, 0.5) is 0 Å². The first-order valence-corrected chi connectivity index (χ1v) is 12.2. The highest BCUT2D eigenvalue weighted by atomic mass is 32.1. The average molecular weight is 430 g/mol. The molecule has 1 atom stereocenters. The van der Waals surface area contributed by atoms with E-state index in [4.69, 9.17) is 12.2 Å². The predicted octanol–water partition coefficient (Wildman–Crippen LogP) is 3.10. The van der Waals surface area contributed by atoms with Gasteiger partial charge in [0.2, 0.25) is 11.8 Å². The number of likely N-dealkylation sites (tertiary alicyclic amines) is 1. The number of nitrogens with zero attached hydrogens (tertiary/aromatic N) is 3. The normalized spacial score (nSPS) is 37.0. The summed E-state index contributed by atoms with van der Waals surface area (Å²) in [7, 11) is 0. The minimum Gasteiger partial charge on any atom is -0.347 e. The third-order valence-corrected chi connectivity index (χ3v) is 8.71. The maximum Gasteiger partial charge on any atom is 0.243 e. The Labute approximate surface area is 182 Å². The highest BCUT2D eigenvalue weighted by Crippen LogP contribution is 2.60. The van der Waals surface area contributed by atoms with Crippen LogP contribution in [0.25, 0.3) is 0 Å². The molecule has 2 amide bonds. The highest BCUT2D eigenvalue weighted by molar-refractivity contribution is 7.71. The topological polar surface area (TPSA) is 83.0 Å². The third-order valence-electron chi connectivity index (χ3n) is 8.42. The predicted molar refractivity (Wildman–Crippen MR) is 113 cm³/mol. The van der Waals surface area contributed by atoms with E-state index in [1.54, 1.807) is 0 Å². The average Bonchev–Trinajstić information content (AvgIpc) is 3.29. The van der Waals surface area contributed by atoms with Crippen molar-refractivity contribution in [3.8, 4) is 0 Å². The number of hydrogen-bond acceptors (Lipinski definition) is 4. The van der Waals surface area contributed by atoms with Gasteiger partial charge in [0.25, 0.3) is 0 Å². The Morgan fingerprint density at radius 2 is 1.77 bits per heavy atom.